The maximum absolute atomic E-state index is 13.0. The number of rotatable bonds is 0. The van der Waals surface area contributed by atoms with E-state index in [9.17, 15) is 28.8 Å². The highest BCUT2D eigenvalue weighted by molar-refractivity contribution is 6.12. The molecule has 2 saturated heterocycles. The number of nitrogens with zero attached hydrogens (tertiary/aromatic N) is 4. The Kier molecular flexibility index (Phi) is 3.71. The fraction of sp³-hybridized carbons (Fsp3) is 0.625. The molecule has 8 amide bonds. The number of hydrogen-bond donors (Lipinski definition) is 0. The third kappa shape index (κ3) is 1.71. The van der Waals surface area contributed by atoms with Crippen molar-refractivity contribution < 1.29 is 28.8 Å². The highest BCUT2D eigenvalue weighted by Gasteiger charge is 2.82. The highest BCUT2D eigenvalue weighted by Crippen LogP contribution is 2.58. The van der Waals surface area contributed by atoms with Crippen molar-refractivity contribution in [2.24, 2.45) is 0 Å². The van der Waals surface area contributed by atoms with Crippen LogP contribution in [0.2, 0.25) is 0 Å². The Labute approximate surface area is 149 Å². The van der Waals surface area contributed by atoms with Crippen molar-refractivity contribution in [1.82, 2.24) is 19.6 Å². The van der Waals surface area contributed by atoms with Crippen molar-refractivity contribution in [3.63, 3.8) is 0 Å². The van der Waals surface area contributed by atoms with Crippen LogP contribution in [0.25, 0.3) is 0 Å². The third-order valence-corrected chi connectivity index (χ3v) is 5.45. The van der Waals surface area contributed by atoms with Gasteiger partial charge in [-0.15, -0.1) is 0 Å². The molecule has 2 aliphatic heterocycles. The van der Waals surface area contributed by atoms with E-state index in [4.69, 9.17) is 0 Å². The second kappa shape index (κ2) is 5.36. The van der Waals surface area contributed by atoms with Crippen molar-refractivity contribution in [3.8, 4) is 0 Å². The van der Waals surface area contributed by atoms with Crippen molar-refractivity contribution in [2.75, 3.05) is 0 Å². The molecule has 3 aliphatic rings. The zero-order valence-electron chi connectivity index (χ0n) is 15.1. The first-order valence-electron chi connectivity index (χ1n) is 8.37. The van der Waals surface area contributed by atoms with Gasteiger partial charge >= 0.3 is 12.1 Å². The van der Waals surface area contributed by atoms with Crippen LogP contribution in [0.4, 0.5) is 9.59 Å². The summed E-state index contributed by atoms with van der Waals surface area (Å²) in [6.07, 6.45) is 1.26. The minimum Gasteiger partial charge on any atom is -0.275 e. The maximum atomic E-state index is 13.0. The molecule has 0 atom stereocenters. The molecule has 3 fully saturated rings. The average Bonchev–Trinajstić information content (AvgIpc) is 2.85. The first kappa shape index (κ1) is 18.0. The lowest BCUT2D eigenvalue weighted by Crippen LogP contribution is -2.71. The second-order valence-electron chi connectivity index (χ2n) is 6.82. The normalized spacial score (nSPS) is 30.5. The number of amides is 8. The molecule has 10 nitrogen and oxygen atoms in total. The van der Waals surface area contributed by atoms with E-state index in [1.165, 1.54) is 0 Å². The van der Waals surface area contributed by atoms with Crippen molar-refractivity contribution in [3.05, 3.63) is 0 Å². The van der Waals surface area contributed by atoms with Crippen LogP contribution in [0.5, 0.6) is 0 Å². The lowest BCUT2D eigenvalue weighted by Gasteiger charge is -2.49. The predicted molar refractivity (Wildman–Crippen MR) is 84.8 cm³/mol. The van der Waals surface area contributed by atoms with Gasteiger partial charge in [-0.25, -0.2) is 29.2 Å². The SMILES string of the molecule is CC(=O)N1C(=O)N(C(C)=O)C23CCCCC12N(C(C)=O)C(=O)N3C(C)=O. The summed E-state index contributed by atoms with van der Waals surface area (Å²) in [5.41, 5.74) is -3.43. The lowest BCUT2D eigenvalue weighted by molar-refractivity contribution is -0.162. The van der Waals surface area contributed by atoms with Crippen LogP contribution in [0.15, 0.2) is 0 Å². The smallest absolute Gasteiger partial charge is 0.275 e. The van der Waals surface area contributed by atoms with Crippen molar-refractivity contribution in [1.29, 1.82) is 0 Å². The van der Waals surface area contributed by atoms with E-state index in [0.717, 1.165) is 47.3 Å². The molecule has 10 heteroatoms. The summed E-state index contributed by atoms with van der Waals surface area (Å²) < 4.78 is 0. The number of hydrogen-bond acceptors (Lipinski definition) is 6. The van der Waals surface area contributed by atoms with Crippen LogP contribution in [0, 0.1) is 0 Å². The second-order valence-corrected chi connectivity index (χ2v) is 6.82. The van der Waals surface area contributed by atoms with Gasteiger partial charge in [0.15, 0.2) is 11.3 Å². The van der Waals surface area contributed by atoms with Gasteiger partial charge in [0.1, 0.15) is 0 Å². The first-order valence-corrected chi connectivity index (χ1v) is 8.37. The van der Waals surface area contributed by atoms with Gasteiger partial charge in [-0.1, -0.05) is 0 Å². The maximum Gasteiger partial charge on any atom is 0.337 e. The Morgan fingerprint density at radius 1 is 0.615 bits per heavy atom. The van der Waals surface area contributed by atoms with Crippen LogP contribution < -0.4 is 0 Å². The molecule has 0 N–H and O–H groups in total. The van der Waals surface area contributed by atoms with Gasteiger partial charge in [0.05, 0.1) is 0 Å². The Bertz CT molecular complexity index is 663. The van der Waals surface area contributed by atoms with E-state index in [2.05, 4.69) is 0 Å². The number of urea groups is 2. The number of carbonyl (C=O) groups is 6. The van der Waals surface area contributed by atoms with Gasteiger partial charge in [0.2, 0.25) is 23.6 Å². The standard InChI is InChI=1S/C16H20N4O6/c1-9(21)17-13(25)18(10(2)22)16-8-6-5-7-15(16,17)19(11(3)23)14(26)20(16)12(4)24/h5-8H2,1-4H3. The molecule has 26 heavy (non-hydrogen) atoms. The molecular formula is C16H20N4O6. The van der Waals surface area contributed by atoms with Gasteiger partial charge in [-0.3, -0.25) is 19.2 Å². The van der Waals surface area contributed by atoms with Crippen molar-refractivity contribution in [2.45, 2.75) is 64.7 Å². The topological polar surface area (TPSA) is 115 Å². The Balaban J connectivity index is 2.45. The van der Waals surface area contributed by atoms with Crippen LogP contribution in [-0.4, -0.2) is 66.6 Å². The summed E-state index contributed by atoms with van der Waals surface area (Å²) in [7, 11) is 0. The monoisotopic (exact) mass is 364 g/mol. The largest absolute Gasteiger partial charge is 0.337 e. The molecule has 0 spiro atoms. The summed E-state index contributed by atoms with van der Waals surface area (Å²) >= 11 is 0. The number of carbonyl (C=O) groups excluding carboxylic acids is 6. The fourth-order valence-corrected chi connectivity index (χ4v) is 4.92. The summed E-state index contributed by atoms with van der Waals surface area (Å²) in [5, 5.41) is 0. The molecule has 1 saturated carbocycles. The van der Waals surface area contributed by atoms with Crippen LogP contribution in [0.3, 0.4) is 0 Å². The summed E-state index contributed by atoms with van der Waals surface area (Å²) in [6, 6.07) is -1.84. The molecule has 0 unspecified atom stereocenters. The molecule has 1 aliphatic carbocycles. The first-order chi connectivity index (χ1) is 12.1. The van der Waals surface area contributed by atoms with E-state index in [-0.39, 0.29) is 12.8 Å². The zero-order valence-corrected chi connectivity index (χ0v) is 15.1. The minimum atomic E-state index is -1.71. The average molecular weight is 364 g/mol. The van der Waals surface area contributed by atoms with Crippen LogP contribution in [-0.2, 0) is 19.2 Å². The zero-order chi connectivity index (χ0) is 19.6. The van der Waals surface area contributed by atoms with E-state index < -0.39 is 47.0 Å². The van der Waals surface area contributed by atoms with Crippen LogP contribution in [0.1, 0.15) is 53.4 Å². The van der Waals surface area contributed by atoms with E-state index in [0.29, 0.717) is 12.8 Å². The number of imide groups is 4. The molecule has 2 heterocycles. The van der Waals surface area contributed by atoms with E-state index in [1.54, 1.807) is 0 Å². The quantitative estimate of drug-likeness (QED) is 0.622. The Hall–Kier alpha value is -2.78. The summed E-state index contributed by atoms with van der Waals surface area (Å²) in [5.74, 6) is -2.80. The molecule has 0 bridgehead atoms. The third-order valence-electron chi connectivity index (χ3n) is 5.45. The Morgan fingerprint density at radius 3 is 1.04 bits per heavy atom. The van der Waals surface area contributed by atoms with E-state index in [1.807, 2.05) is 0 Å². The summed E-state index contributed by atoms with van der Waals surface area (Å²) in [6.45, 7) is 4.54. The highest BCUT2D eigenvalue weighted by atomic mass is 16.2. The molecular weight excluding hydrogens is 344 g/mol. The fourth-order valence-electron chi connectivity index (χ4n) is 4.92. The molecule has 140 valence electrons. The van der Waals surface area contributed by atoms with Gasteiger partial charge < -0.3 is 0 Å². The summed E-state index contributed by atoms with van der Waals surface area (Å²) in [4.78, 5) is 78.8. The Morgan fingerprint density at radius 2 is 0.846 bits per heavy atom. The van der Waals surface area contributed by atoms with Gasteiger partial charge in [0.25, 0.3) is 0 Å². The van der Waals surface area contributed by atoms with Gasteiger partial charge in [-0.2, -0.15) is 0 Å². The predicted octanol–water partition coefficient (Wildman–Crippen LogP) is 0.614. The molecule has 0 aromatic rings. The molecule has 0 aromatic carbocycles. The molecule has 0 radical (unpaired) electrons. The van der Waals surface area contributed by atoms with Crippen molar-refractivity contribution >= 4 is 35.7 Å². The molecule has 0 aromatic heterocycles. The molecule has 3 rings (SSSR count). The van der Waals surface area contributed by atoms with E-state index >= 15 is 0 Å². The van der Waals surface area contributed by atoms with Gasteiger partial charge in [-0.05, 0) is 25.7 Å². The van der Waals surface area contributed by atoms with Gasteiger partial charge in [0, 0.05) is 27.7 Å². The minimum absolute atomic E-state index is 0.108. The lowest BCUT2D eigenvalue weighted by atomic mass is 9.77. The van der Waals surface area contributed by atoms with Crippen LogP contribution >= 0.6 is 0 Å².